The van der Waals surface area contributed by atoms with Crippen LogP contribution in [0.1, 0.15) is 0 Å². The average Bonchev–Trinajstić information content (AvgIpc) is 2.18. The second kappa shape index (κ2) is 4.40. The molecule has 0 aliphatic heterocycles. The predicted molar refractivity (Wildman–Crippen MR) is 51.5 cm³/mol. The third-order valence-corrected chi connectivity index (χ3v) is 2.51. The molecule has 0 bridgehead atoms. The summed E-state index contributed by atoms with van der Waals surface area (Å²) in [4.78, 5) is 0. The Morgan fingerprint density at radius 1 is 0.923 bits per heavy atom. The summed E-state index contributed by atoms with van der Waals surface area (Å²) in [5.41, 5.74) is 0. The van der Waals surface area contributed by atoms with Gasteiger partial charge in [0.15, 0.2) is 0 Å². The Morgan fingerprint density at radius 2 is 1.38 bits per heavy atom. The molecule has 0 saturated carbocycles. The van der Waals surface area contributed by atoms with Gasteiger partial charge in [0.1, 0.15) is 0 Å². The van der Waals surface area contributed by atoms with Gasteiger partial charge in [-0.05, 0) is 0 Å². The molecule has 0 fully saturated rings. The summed E-state index contributed by atoms with van der Waals surface area (Å²) in [7, 11) is 4.82. The van der Waals surface area contributed by atoms with Crippen LogP contribution in [0, 0.1) is 0 Å². The molecule has 0 saturated heterocycles. The minimum atomic E-state index is 0.715. The van der Waals surface area contributed by atoms with Gasteiger partial charge in [0.25, 0.3) is 0 Å². The van der Waals surface area contributed by atoms with Gasteiger partial charge >= 0.3 is 85.4 Å². The van der Waals surface area contributed by atoms with E-state index in [0.717, 1.165) is 16.0 Å². The van der Waals surface area contributed by atoms with Gasteiger partial charge in [-0.25, -0.2) is 0 Å². The van der Waals surface area contributed by atoms with Crippen molar-refractivity contribution < 1.29 is 14.2 Å². The summed E-state index contributed by atoms with van der Waals surface area (Å²) in [5.74, 6) is 2.15. The van der Waals surface area contributed by atoms with Crippen LogP contribution in [0.5, 0.6) is 17.2 Å². The summed E-state index contributed by atoms with van der Waals surface area (Å²) in [5, 5.41) is 0. The second-order valence-electron chi connectivity index (χ2n) is 2.36. The summed E-state index contributed by atoms with van der Waals surface area (Å²) < 4.78 is 16.2. The normalized spacial score (nSPS) is 9.46. The Balaban J connectivity index is 3.20. The average molecular weight is 246 g/mol. The Hall–Kier alpha value is -0.861. The van der Waals surface area contributed by atoms with Gasteiger partial charge in [-0.2, -0.15) is 0 Å². The van der Waals surface area contributed by atoms with E-state index < -0.39 is 0 Å². The summed E-state index contributed by atoms with van der Waals surface area (Å²) in [6, 6.07) is 3.60. The molecule has 0 atom stereocenters. The monoisotopic (exact) mass is 247 g/mol. The molecular weight excluding hydrogens is 235 g/mol. The minimum absolute atomic E-state index is 0.715. The maximum atomic E-state index is 5.14. The van der Waals surface area contributed by atoms with Crippen molar-refractivity contribution in [3.63, 3.8) is 0 Å². The summed E-state index contributed by atoms with van der Waals surface area (Å²) >= 11 is 2.89. The van der Waals surface area contributed by atoms with Crippen LogP contribution in [0.15, 0.2) is 12.1 Å². The number of ether oxygens (including phenoxy) is 3. The molecule has 71 valence electrons. The van der Waals surface area contributed by atoms with Crippen LogP contribution in [0.2, 0.25) is 0 Å². The van der Waals surface area contributed by atoms with Gasteiger partial charge in [-0.3, -0.25) is 0 Å². The molecule has 0 aromatic heterocycles. The molecule has 0 N–H and O–H groups in total. The Kier molecular flexibility index (Phi) is 3.46. The van der Waals surface area contributed by atoms with Gasteiger partial charge in [0.2, 0.25) is 0 Å². The topological polar surface area (TPSA) is 27.7 Å². The van der Waals surface area contributed by atoms with Crippen LogP contribution in [-0.2, 0) is 0 Å². The van der Waals surface area contributed by atoms with Crippen LogP contribution in [-0.4, -0.2) is 37.3 Å². The van der Waals surface area contributed by atoms with Gasteiger partial charge < -0.3 is 0 Å². The number of rotatable bonds is 3. The van der Waals surface area contributed by atoms with Crippen molar-refractivity contribution in [1.82, 2.24) is 0 Å². The van der Waals surface area contributed by atoms with E-state index in [4.69, 9.17) is 14.2 Å². The SMILES string of the molecule is COc1cc(OC)c([Se])c(OC)c1. The van der Waals surface area contributed by atoms with Crippen molar-refractivity contribution in [3.05, 3.63) is 12.1 Å². The third-order valence-electron chi connectivity index (χ3n) is 1.67. The van der Waals surface area contributed by atoms with Gasteiger partial charge in [0.05, 0.1) is 0 Å². The Morgan fingerprint density at radius 3 is 1.69 bits per heavy atom. The second-order valence-corrected chi connectivity index (χ2v) is 3.22. The molecule has 13 heavy (non-hydrogen) atoms. The van der Waals surface area contributed by atoms with Crippen LogP contribution in [0.4, 0.5) is 0 Å². The fraction of sp³-hybridized carbons (Fsp3) is 0.333. The van der Waals surface area contributed by atoms with Crippen molar-refractivity contribution in [2.45, 2.75) is 0 Å². The third kappa shape index (κ3) is 2.08. The van der Waals surface area contributed by atoms with Crippen molar-refractivity contribution in [2.24, 2.45) is 0 Å². The molecule has 0 heterocycles. The zero-order valence-electron chi connectivity index (χ0n) is 7.79. The van der Waals surface area contributed by atoms with E-state index in [0.29, 0.717) is 5.75 Å². The molecule has 1 rings (SSSR count). The van der Waals surface area contributed by atoms with Gasteiger partial charge in [-0.1, -0.05) is 0 Å². The number of benzene rings is 1. The van der Waals surface area contributed by atoms with E-state index in [1.165, 1.54) is 0 Å². The molecule has 1 aromatic carbocycles. The zero-order chi connectivity index (χ0) is 9.84. The first-order valence-corrected chi connectivity index (χ1v) is 4.55. The van der Waals surface area contributed by atoms with E-state index in [9.17, 15) is 0 Å². The fourth-order valence-electron chi connectivity index (χ4n) is 0.974. The molecule has 0 amide bonds. The Bertz CT molecular complexity index is 274. The van der Waals surface area contributed by atoms with Crippen LogP contribution in [0.3, 0.4) is 0 Å². The van der Waals surface area contributed by atoms with Crippen LogP contribution < -0.4 is 18.7 Å². The number of methoxy groups -OCH3 is 3. The number of hydrogen-bond donors (Lipinski definition) is 0. The quantitative estimate of drug-likeness (QED) is 0.727. The Labute approximate surface area is 85.8 Å². The fourth-order valence-corrected chi connectivity index (χ4v) is 1.57. The molecule has 0 spiro atoms. The standard InChI is InChI=1S/C9H11O3Se/c1-10-6-4-7(11-2)9(13)8(5-6)12-3/h4-5H,1-3H3. The van der Waals surface area contributed by atoms with Crippen LogP contribution in [0.25, 0.3) is 0 Å². The van der Waals surface area contributed by atoms with E-state index in [2.05, 4.69) is 16.0 Å². The van der Waals surface area contributed by atoms with Gasteiger partial charge in [0, 0.05) is 0 Å². The molecule has 0 unspecified atom stereocenters. The maximum absolute atomic E-state index is 5.14. The molecule has 1 radical (unpaired) electrons. The zero-order valence-corrected chi connectivity index (χ0v) is 9.50. The summed E-state index contributed by atoms with van der Waals surface area (Å²) in [6.07, 6.45) is 0. The molecule has 0 aliphatic carbocycles. The van der Waals surface area contributed by atoms with Crippen molar-refractivity contribution in [1.29, 1.82) is 0 Å². The van der Waals surface area contributed by atoms with Crippen molar-refractivity contribution in [2.75, 3.05) is 21.3 Å². The van der Waals surface area contributed by atoms with E-state index in [1.807, 2.05) is 0 Å². The first-order valence-electron chi connectivity index (χ1n) is 3.70. The van der Waals surface area contributed by atoms with Crippen LogP contribution >= 0.6 is 0 Å². The predicted octanol–water partition coefficient (Wildman–Crippen LogP) is 0.506. The van der Waals surface area contributed by atoms with Gasteiger partial charge in [-0.15, -0.1) is 0 Å². The van der Waals surface area contributed by atoms with Crippen molar-refractivity contribution in [3.8, 4) is 17.2 Å². The first-order chi connectivity index (χ1) is 6.22. The molecule has 0 aliphatic rings. The molecule has 1 aromatic rings. The molecular formula is C9H11O3Se. The van der Waals surface area contributed by atoms with E-state index >= 15 is 0 Å². The van der Waals surface area contributed by atoms with E-state index in [-0.39, 0.29) is 0 Å². The van der Waals surface area contributed by atoms with Crippen molar-refractivity contribution >= 4 is 20.5 Å². The molecule has 4 heteroatoms. The summed E-state index contributed by atoms with van der Waals surface area (Å²) in [6.45, 7) is 0. The molecule has 3 nitrogen and oxygen atoms in total. The first kappa shape index (κ1) is 10.2. The number of hydrogen-bond acceptors (Lipinski definition) is 3. The van der Waals surface area contributed by atoms with E-state index in [1.54, 1.807) is 33.5 Å².